The van der Waals surface area contributed by atoms with E-state index in [1.807, 2.05) is 30.3 Å². The van der Waals surface area contributed by atoms with E-state index < -0.39 is 0 Å². The van der Waals surface area contributed by atoms with E-state index in [4.69, 9.17) is 10.6 Å². The first kappa shape index (κ1) is 14.5. The van der Waals surface area contributed by atoms with Gasteiger partial charge in [-0.25, -0.2) is 4.39 Å². The summed E-state index contributed by atoms with van der Waals surface area (Å²) in [5.74, 6) is 6.17. The van der Waals surface area contributed by atoms with Crippen molar-refractivity contribution in [2.75, 3.05) is 7.11 Å². The van der Waals surface area contributed by atoms with Gasteiger partial charge in [0.15, 0.2) is 0 Å². The van der Waals surface area contributed by atoms with Gasteiger partial charge in [-0.2, -0.15) is 0 Å². The lowest BCUT2D eigenvalue weighted by Crippen LogP contribution is -2.28. The third-order valence-corrected chi connectivity index (χ3v) is 3.33. The normalized spacial score (nSPS) is 12.2. The zero-order chi connectivity index (χ0) is 14.4. The minimum absolute atomic E-state index is 0.0622. The number of methoxy groups -OCH3 is 1. The number of nitrogens with two attached hydrogens (primary N) is 1. The number of nitrogens with one attached hydrogen (secondary N) is 1. The van der Waals surface area contributed by atoms with Gasteiger partial charge < -0.3 is 4.74 Å². The standard InChI is InChI=1S/C16H19FN2O/c1-20-15-8-5-12(6-9-15)7-10-16(19-18)13-3-2-4-14(17)11-13/h2-6,8-9,11,16,19H,7,10,18H2,1H3. The molecule has 0 aliphatic carbocycles. The number of rotatable bonds is 6. The first-order valence-corrected chi connectivity index (χ1v) is 6.57. The van der Waals surface area contributed by atoms with Gasteiger partial charge in [-0.15, -0.1) is 0 Å². The van der Waals surface area contributed by atoms with Crippen LogP contribution in [0.3, 0.4) is 0 Å². The smallest absolute Gasteiger partial charge is 0.123 e. The second kappa shape index (κ2) is 7.03. The molecular weight excluding hydrogens is 255 g/mol. The van der Waals surface area contributed by atoms with Crippen LogP contribution in [0.25, 0.3) is 0 Å². The average Bonchev–Trinajstić information content (AvgIpc) is 2.48. The summed E-state index contributed by atoms with van der Waals surface area (Å²) in [5.41, 5.74) is 4.81. The first-order valence-electron chi connectivity index (χ1n) is 6.57. The van der Waals surface area contributed by atoms with Crippen molar-refractivity contribution in [3.63, 3.8) is 0 Å². The number of ether oxygens (including phenoxy) is 1. The summed E-state index contributed by atoms with van der Waals surface area (Å²) < 4.78 is 18.4. The van der Waals surface area contributed by atoms with E-state index in [9.17, 15) is 4.39 Å². The molecule has 106 valence electrons. The van der Waals surface area contributed by atoms with Crippen molar-refractivity contribution in [2.45, 2.75) is 18.9 Å². The number of hydrogen-bond donors (Lipinski definition) is 2. The summed E-state index contributed by atoms with van der Waals surface area (Å²) in [7, 11) is 1.65. The van der Waals surface area contributed by atoms with Gasteiger partial charge in [0.25, 0.3) is 0 Å². The van der Waals surface area contributed by atoms with Crippen molar-refractivity contribution >= 4 is 0 Å². The molecule has 1 unspecified atom stereocenters. The van der Waals surface area contributed by atoms with E-state index >= 15 is 0 Å². The average molecular weight is 274 g/mol. The molecule has 0 spiro atoms. The third-order valence-electron chi connectivity index (χ3n) is 3.33. The largest absolute Gasteiger partial charge is 0.497 e. The highest BCUT2D eigenvalue weighted by Gasteiger charge is 2.10. The van der Waals surface area contributed by atoms with Gasteiger partial charge in [-0.1, -0.05) is 24.3 Å². The fourth-order valence-corrected chi connectivity index (χ4v) is 2.17. The maximum absolute atomic E-state index is 13.2. The third kappa shape index (κ3) is 3.79. The predicted octanol–water partition coefficient (Wildman–Crippen LogP) is 2.97. The van der Waals surface area contributed by atoms with Crippen LogP contribution in [-0.4, -0.2) is 7.11 Å². The van der Waals surface area contributed by atoms with Crippen molar-refractivity contribution in [2.24, 2.45) is 5.84 Å². The quantitative estimate of drug-likeness (QED) is 0.629. The van der Waals surface area contributed by atoms with E-state index in [0.717, 1.165) is 24.2 Å². The number of aryl methyl sites for hydroxylation is 1. The zero-order valence-corrected chi connectivity index (χ0v) is 11.5. The molecule has 4 heteroatoms. The Bertz CT molecular complexity index is 542. The van der Waals surface area contributed by atoms with Crippen LogP contribution in [0.5, 0.6) is 5.75 Å². The molecule has 0 aliphatic heterocycles. The summed E-state index contributed by atoms with van der Waals surface area (Å²) in [6.45, 7) is 0. The minimum Gasteiger partial charge on any atom is -0.497 e. The minimum atomic E-state index is -0.243. The fraction of sp³-hybridized carbons (Fsp3) is 0.250. The van der Waals surface area contributed by atoms with Crippen LogP contribution >= 0.6 is 0 Å². The summed E-state index contributed by atoms with van der Waals surface area (Å²) in [6, 6.07) is 14.4. The molecule has 0 radical (unpaired) electrons. The van der Waals surface area contributed by atoms with Gasteiger partial charge in [0.2, 0.25) is 0 Å². The first-order chi connectivity index (χ1) is 9.72. The number of hydrazine groups is 1. The number of hydrogen-bond acceptors (Lipinski definition) is 3. The molecule has 2 aromatic carbocycles. The van der Waals surface area contributed by atoms with Gasteiger partial charge in [-0.3, -0.25) is 11.3 Å². The van der Waals surface area contributed by atoms with Crippen LogP contribution in [0, 0.1) is 5.82 Å². The lowest BCUT2D eigenvalue weighted by molar-refractivity contribution is 0.414. The molecule has 3 N–H and O–H groups in total. The highest BCUT2D eigenvalue weighted by Crippen LogP contribution is 2.20. The van der Waals surface area contributed by atoms with Gasteiger partial charge in [-0.05, 0) is 48.2 Å². The molecule has 0 heterocycles. The monoisotopic (exact) mass is 274 g/mol. The predicted molar refractivity (Wildman–Crippen MR) is 77.8 cm³/mol. The molecule has 2 aromatic rings. The number of benzene rings is 2. The van der Waals surface area contributed by atoms with E-state index in [1.165, 1.54) is 17.7 Å². The molecule has 3 nitrogen and oxygen atoms in total. The van der Waals surface area contributed by atoms with Crippen LogP contribution in [0.15, 0.2) is 48.5 Å². The SMILES string of the molecule is COc1ccc(CCC(NN)c2cccc(F)c2)cc1. The summed E-state index contributed by atoms with van der Waals surface area (Å²) in [6.07, 6.45) is 1.65. The summed E-state index contributed by atoms with van der Waals surface area (Å²) >= 11 is 0. The maximum atomic E-state index is 13.2. The molecule has 1 atom stereocenters. The Morgan fingerprint density at radius 2 is 1.95 bits per heavy atom. The molecule has 0 saturated heterocycles. The van der Waals surface area contributed by atoms with Gasteiger partial charge in [0.1, 0.15) is 11.6 Å². The highest BCUT2D eigenvalue weighted by atomic mass is 19.1. The Kier molecular flexibility index (Phi) is 5.09. The van der Waals surface area contributed by atoms with Crippen LogP contribution in [0.2, 0.25) is 0 Å². The Balaban J connectivity index is 1.99. The molecule has 0 fully saturated rings. The van der Waals surface area contributed by atoms with Crippen molar-refractivity contribution in [1.82, 2.24) is 5.43 Å². The molecule has 20 heavy (non-hydrogen) atoms. The fourth-order valence-electron chi connectivity index (χ4n) is 2.17. The Morgan fingerprint density at radius 1 is 1.20 bits per heavy atom. The zero-order valence-electron chi connectivity index (χ0n) is 11.5. The lowest BCUT2D eigenvalue weighted by atomic mass is 9.99. The molecule has 0 amide bonds. The number of halogens is 1. The van der Waals surface area contributed by atoms with Crippen molar-refractivity contribution < 1.29 is 9.13 Å². The van der Waals surface area contributed by atoms with Crippen molar-refractivity contribution in [1.29, 1.82) is 0 Å². The van der Waals surface area contributed by atoms with Gasteiger partial charge in [0, 0.05) is 6.04 Å². The van der Waals surface area contributed by atoms with Crippen LogP contribution in [-0.2, 0) is 6.42 Å². The molecule has 0 aliphatic rings. The second-order valence-corrected chi connectivity index (χ2v) is 4.66. The maximum Gasteiger partial charge on any atom is 0.123 e. The highest BCUT2D eigenvalue weighted by molar-refractivity contribution is 5.27. The van der Waals surface area contributed by atoms with Gasteiger partial charge >= 0.3 is 0 Å². The summed E-state index contributed by atoms with van der Waals surface area (Å²) in [5, 5.41) is 0. The molecule has 2 rings (SSSR count). The Hall–Kier alpha value is -1.91. The van der Waals surface area contributed by atoms with Gasteiger partial charge in [0.05, 0.1) is 7.11 Å². The Labute approximate surface area is 118 Å². The van der Waals surface area contributed by atoms with Crippen LogP contribution < -0.4 is 16.0 Å². The van der Waals surface area contributed by atoms with E-state index in [0.29, 0.717) is 0 Å². The van der Waals surface area contributed by atoms with E-state index in [2.05, 4.69) is 5.43 Å². The van der Waals surface area contributed by atoms with Crippen molar-refractivity contribution in [3.05, 3.63) is 65.5 Å². The van der Waals surface area contributed by atoms with E-state index in [-0.39, 0.29) is 11.9 Å². The lowest BCUT2D eigenvalue weighted by Gasteiger charge is -2.16. The summed E-state index contributed by atoms with van der Waals surface area (Å²) in [4.78, 5) is 0. The van der Waals surface area contributed by atoms with E-state index in [1.54, 1.807) is 13.2 Å². The second-order valence-electron chi connectivity index (χ2n) is 4.66. The van der Waals surface area contributed by atoms with Crippen LogP contribution in [0.1, 0.15) is 23.6 Å². The molecular formula is C16H19FN2O. The molecule has 0 aromatic heterocycles. The topological polar surface area (TPSA) is 47.3 Å². The molecule has 0 bridgehead atoms. The van der Waals surface area contributed by atoms with Crippen molar-refractivity contribution in [3.8, 4) is 5.75 Å². The van der Waals surface area contributed by atoms with Crippen LogP contribution in [0.4, 0.5) is 4.39 Å². The molecule has 0 saturated carbocycles. The Morgan fingerprint density at radius 3 is 2.55 bits per heavy atom.